The number of hydrogen-bond acceptors (Lipinski definition) is 3. The van der Waals surface area contributed by atoms with Crippen LogP contribution in [0.15, 0.2) is 24.3 Å². The molecule has 0 spiro atoms. The van der Waals surface area contributed by atoms with E-state index in [0.717, 1.165) is 11.4 Å². The first-order valence-electron chi connectivity index (χ1n) is 6.71. The molecule has 2 amide bonds. The van der Waals surface area contributed by atoms with Gasteiger partial charge in [-0.25, -0.2) is 0 Å². The minimum atomic E-state index is -0.867. The van der Waals surface area contributed by atoms with E-state index >= 15 is 0 Å². The molecule has 0 aromatic heterocycles. The van der Waals surface area contributed by atoms with Crippen molar-refractivity contribution in [2.75, 3.05) is 30.4 Å². The molecule has 0 saturated carbocycles. The fraction of sp³-hybridized carbons (Fsp3) is 0.467. The van der Waals surface area contributed by atoms with Gasteiger partial charge in [0.2, 0.25) is 5.91 Å². The summed E-state index contributed by atoms with van der Waals surface area (Å²) in [6, 6.07) is 7.77. The molecule has 1 aromatic carbocycles. The molecule has 1 heterocycles. The second kappa shape index (κ2) is 5.15. The summed E-state index contributed by atoms with van der Waals surface area (Å²) >= 11 is 0. The van der Waals surface area contributed by atoms with E-state index in [4.69, 9.17) is 0 Å². The van der Waals surface area contributed by atoms with E-state index in [-0.39, 0.29) is 11.8 Å². The third-order valence-corrected chi connectivity index (χ3v) is 3.47. The van der Waals surface area contributed by atoms with E-state index in [9.17, 15) is 9.59 Å². The third kappa shape index (κ3) is 2.76. The minimum Gasteiger partial charge on any atom is -0.378 e. The Kier molecular flexibility index (Phi) is 3.70. The van der Waals surface area contributed by atoms with Gasteiger partial charge in [-0.05, 0) is 38.1 Å². The van der Waals surface area contributed by atoms with Gasteiger partial charge in [0.25, 0.3) is 5.91 Å². The lowest BCUT2D eigenvalue weighted by Gasteiger charge is -2.29. The molecule has 0 bridgehead atoms. The number of benzene rings is 1. The lowest BCUT2D eigenvalue weighted by atomic mass is 10.0. The maximum Gasteiger partial charge on any atom is 0.252 e. The predicted octanol–water partition coefficient (Wildman–Crippen LogP) is 1.38. The van der Waals surface area contributed by atoms with Gasteiger partial charge in [0.05, 0.1) is 0 Å². The molecule has 5 nitrogen and oxygen atoms in total. The maximum atomic E-state index is 12.5. The Balaban J connectivity index is 2.30. The SMILES string of the molecule is CN(C)c1ccc(N2CCC(=O)NC(C)(C)C2=O)cc1. The fourth-order valence-corrected chi connectivity index (χ4v) is 2.29. The monoisotopic (exact) mass is 275 g/mol. The smallest absolute Gasteiger partial charge is 0.252 e. The van der Waals surface area contributed by atoms with Crippen molar-refractivity contribution in [1.82, 2.24) is 5.32 Å². The number of anilines is 2. The number of amides is 2. The van der Waals surface area contributed by atoms with Crippen LogP contribution in [-0.2, 0) is 9.59 Å². The predicted molar refractivity (Wildman–Crippen MR) is 80.0 cm³/mol. The molecule has 1 N–H and O–H groups in total. The highest BCUT2D eigenvalue weighted by Gasteiger charge is 2.37. The van der Waals surface area contributed by atoms with Crippen LogP contribution in [0.4, 0.5) is 11.4 Å². The number of carbonyl (C=O) groups is 2. The quantitative estimate of drug-likeness (QED) is 0.887. The highest BCUT2D eigenvalue weighted by Crippen LogP contribution is 2.24. The number of nitrogens with one attached hydrogen (secondary N) is 1. The van der Waals surface area contributed by atoms with Gasteiger partial charge in [0, 0.05) is 38.4 Å². The normalized spacial score (nSPS) is 18.5. The van der Waals surface area contributed by atoms with Crippen molar-refractivity contribution >= 4 is 23.2 Å². The van der Waals surface area contributed by atoms with Gasteiger partial charge in [-0.3, -0.25) is 9.59 Å². The van der Waals surface area contributed by atoms with Crippen LogP contribution < -0.4 is 15.1 Å². The van der Waals surface area contributed by atoms with Gasteiger partial charge in [-0.2, -0.15) is 0 Å². The highest BCUT2D eigenvalue weighted by atomic mass is 16.2. The molecule has 1 aliphatic heterocycles. The first-order valence-corrected chi connectivity index (χ1v) is 6.71. The van der Waals surface area contributed by atoms with Crippen LogP contribution in [0.2, 0.25) is 0 Å². The number of rotatable bonds is 2. The second-order valence-corrected chi connectivity index (χ2v) is 5.79. The lowest BCUT2D eigenvalue weighted by molar-refractivity contribution is -0.128. The van der Waals surface area contributed by atoms with Crippen molar-refractivity contribution < 1.29 is 9.59 Å². The summed E-state index contributed by atoms with van der Waals surface area (Å²) in [6.45, 7) is 3.88. The maximum absolute atomic E-state index is 12.5. The zero-order valence-electron chi connectivity index (χ0n) is 12.4. The van der Waals surface area contributed by atoms with Gasteiger partial charge in [0.1, 0.15) is 5.54 Å². The number of hydrogen-bond donors (Lipinski definition) is 1. The molecule has 2 rings (SSSR count). The molecule has 0 unspecified atom stereocenters. The van der Waals surface area contributed by atoms with Crippen LogP contribution in [-0.4, -0.2) is 38.0 Å². The third-order valence-electron chi connectivity index (χ3n) is 3.47. The average Bonchev–Trinajstić information content (AvgIpc) is 2.47. The standard InChI is InChI=1S/C15H21N3O2/c1-15(2)14(20)18(10-9-13(19)16-15)12-7-5-11(6-8-12)17(3)4/h5-8H,9-10H2,1-4H3,(H,16,19). The van der Waals surface area contributed by atoms with Crippen LogP contribution in [0, 0.1) is 0 Å². The van der Waals surface area contributed by atoms with E-state index in [0.29, 0.717) is 13.0 Å². The van der Waals surface area contributed by atoms with E-state index < -0.39 is 5.54 Å². The zero-order valence-corrected chi connectivity index (χ0v) is 12.4. The Bertz CT molecular complexity index is 520. The molecule has 1 aliphatic rings. The highest BCUT2D eigenvalue weighted by molar-refractivity contribution is 6.03. The molecule has 0 atom stereocenters. The number of nitrogens with zero attached hydrogens (tertiary/aromatic N) is 2. The van der Waals surface area contributed by atoms with Crippen LogP contribution in [0.3, 0.4) is 0 Å². The molecule has 0 radical (unpaired) electrons. The molecule has 5 heteroatoms. The van der Waals surface area contributed by atoms with Crippen LogP contribution >= 0.6 is 0 Å². The van der Waals surface area contributed by atoms with Crippen molar-refractivity contribution in [3.63, 3.8) is 0 Å². The lowest BCUT2D eigenvalue weighted by Crippen LogP contribution is -2.53. The second-order valence-electron chi connectivity index (χ2n) is 5.79. The Morgan fingerprint density at radius 2 is 1.75 bits per heavy atom. The summed E-state index contributed by atoms with van der Waals surface area (Å²) in [6.07, 6.45) is 0.324. The minimum absolute atomic E-state index is 0.0825. The fourth-order valence-electron chi connectivity index (χ4n) is 2.29. The first kappa shape index (κ1) is 14.4. The van der Waals surface area contributed by atoms with E-state index in [1.165, 1.54) is 0 Å². The topological polar surface area (TPSA) is 52.6 Å². The van der Waals surface area contributed by atoms with Gasteiger partial charge >= 0.3 is 0 Å². The molecule has 20 heavy (non-hydrogen) atoms. The van der Waals surface area contributed by atoms with Crippen molar-refractivity contribution in [2.45, 2.75) is 25.8 Å². The van der Waals surface area contributed by atoms with Gasteiger partial charge < -0.3 is 15.1 Å². The Hall–Kier alpha value is -2.04. The van der Waals surface area contributed by atoms with Gasteiger partial charge in [-0.15, -0.1) is 0 Å². The summed E-state index contributed by atoms with van der Waals surface area (Å²) in [5, 5.41) is 2.76. The Morgan fingerprint density at radius 1 is 1.15 bits per heavy atom. The van der Waals surface area contributed by atoms with Crippen molar-refractivity contribution in [3.05, 3.63) is 24.3 Å². The first-order chi connectivity index (χ1) is 9.31. The number of carbonyl (C=O) groups excluding carboxylic acids is 2. The van der Waals surface area contributed by atoms with Crippen LogP contribution in [0.5, 0.6) is 0 Å². The molecule has 1 saturated heterocycles. The van der Waals surface area contributed by atoms with Crippen LogP contribution in [0.1, 0.15) is 20.3 Å². The molecular weight excluding hydrogens is 254 g/mol. The molecule has 0 aliphatic carbocycles. The van der Waals surface area contributed by atoms with Crippen molar-refractivity contribution in [3.8, 4) is 0 Å². The summed E-state index contributed by atoms with van der Waals surface area (Å²) in [4.78, 5) is 27.9. The summed E-state index contributed by atoms with van der Waals surface area (Å²) < 4.78 is 0. The van der Waals surface area contributed by atoms with Crippen LogP contribution in [0.25, 0.3) is 0 Å². The zero-order chi connectivity index (χ0) is 14.9. The molecular formula is C15H21N3O2. The molecule has 108 valence electrons. The summed E-state index contributed by atoms with van der Waals surface area (Å²) in [5.74, 6) is -0.170. The van der Waals surface area contributed by atoms with Gasteiger partial charge in [-0.1, -0.05) is 0 Å². The van der Waals surface area contributed by atoms with E-state index in [1.54, 1.807) is 18.7 Å². The summed E-state index contributed by atoms with van der Waals surface area (Å²) in [7, 11) is 3.94. The van der Waals surface area contributed by atoms with Crippen molar-refractivity contribution in [1.29, 1.82) is 0 Å². The molecule has 1 aromatic rings. The molecule has 1 fully saturated rings. The average molecular weight is 275 g/mol. The Morgan fingerprint density at radius 3 is 2.30 bits per heavy atom. The van der Waals surface area contributed by atoms with E-state index in [1.807, 2.05) is 43.3 Å². The summed E-state index contributed by atoms with van der Waals surface area (Å²) in [5.41, 5.74) is 1.03. The van der Waals surface area contributed by atoms with Gasteiger partial charge in [0.15, 0.2) is 0 Å². The van der Waals surface area contributed by atoms with E-state index in [2.05, 4.69) is 5.32 Å². The Labute approximate surface area is 119 Å². The largest absolute Gasteiger partial charge is 0.378 e. The van der Waals surface area contributed by atoms with Crippen molar-refractivity contribution in [2.24, 2.45) is 0 Å².